The SMILES string of the molecule is O=C(COc1ccc(Cl)c(F)c1)N[C@H]1CO[C@H](C(=O)NCCOc2ccc(Cl)cc2)CO1. The molecule has 0 aromatic heterocycles. The van der Waals surface area contributed by atoms with Gasteiger partial charge in [0.2, 0.25) is 0 Å². The van der Waals surface area contributed by atoms with Gasteiger partial charge < -0.3 is 29.6 Å². The predicted octanol–water partition coefficient (Wildman–Crippen LogP) is 2.56. The van der Waals surface area contributed by atoms with Crippen LogP contribution in [0, 0.1) is 5.82 Å². The molecule has 1 aliphatic rings. The molecular formula is C21H21Cl2FN2O6. The van der Waals surface area contributed by atoms with Crippen LogP contribution in [0.4, 0.5) is 4.39 Å². The molecule has 172 valence electrons. The van der Waals surface area contributed by atoms with Gasteiger partial charge in [0, 0.05) is 11.1 Å². The van der Waals surface area contributed by atoms with Gasteiger partial charge in [0.15, 0.2) is 18.9 Å². The van der Waals surface area contributed by atoms with Crippen molar-refractivity contribution < 1.29 is 32.9 Å². The first-order valence-electron chi connectivity index (χ1n) is 9.67. The Labute approximate surface area is 193 Å². The highest BCUT2D eigenvalue weighted by Crippen LogP contribution is 2.20. The van der Waals surface area contributed by atoms with Crippen molar-refractivity contribution in [3.05, 3.63) is 58.3 Å². The molecule has 3 rings (SSSR count). The Bertz CT molecular complexity index is 923. The molecule has 1 saturated heterocycles. The van der Waals surface area contributed by atoms with Crippen LogP contribution in [0.2, 0.25) is 10.0 Å². The molecule has 2 aromatic carbocycles. The van der Waals surface area contributed by atoms with Crippen LogP contribution >= 0.6 is 23.2 Å². The summed E-state index contributed by atoms with van der Waals surface area (Å²) in [5.74, 6) is -0.669. The van der Waals surface area contributed by atoms with Gasteiger partial charge in [-0.1, -0.05) is 23.2 Å². The van der Waals surface area contributed by atoms with Gasteiger partial charge in [-0.3, -0.25) is 9.59 Å². The zero-order valence-electron chi connectivity index (χ0n) is 16.8. The van der Waals surface area contributed by atoms with Crippen LogP contribution in [0.25, 0.3) is 0 Å². The molecule has 8 nitrogen and oxygen atoms in total. The molecule has 2 N–H and O–H groups in total. The summed E-state index contributed by atoms with van der Waals surface area (Å²) in [6.07, 6.45) is -1.53. The molecule has 11 heteroatoms. The number of rotatable bonds is 9. The van der Waals surface area contributed by atoms with Gasteiger partial charge >= 0.3 is 0 Å². The molecule has 1 aliphatic heterocycles. The van der Waals surface area contributed by atoms with Crippen LogP contribution < -0.4 is 20.1 Å². The fourth-order valence-electron chi connectivity index (χ4n) is 2.66. The summed E-state index contributed by atoms with van der Waals surface area (Å²) in [4.78, 5) is 24.1. The number of hydrogen-bond donors (Lipinski definition) is 2. The van der Waals surface area contributed by atoms with Gasteiger partial charge in [0.05, 0.1) is 24.8 Å². The first-order valence-corrected chi connectivity index (χ1v) is 10.4. The minimum absolute atomic E-state index is 0.0132. The van der Waals surface area contributed by atoms with E-state index in [1.165, 1.54) is 12.1 Å². The van der Waals surface area contributed by atoms with Crippen LogP contribution in [0.15, 0.2) is 42.5 Å². The van der Waals surface area contributed by atoms with Crippen LogP contribution in [0.5, 0.6) is 11.5 Å². The van der Waals surface area contributed by atoms with Crippen LogP contribution in [-0.4, -0.2) is 57.1 Å². The topological polar surface area (TPSA) is 95.1 Å². The highest BCUT2D eigenvalue weighted by atomic mass is 35.5. The van der Waals surface area contributed by atoms with E-state index in [1.807, 2.05) is 0 Å². The average Bonchev–Trinajstić information content (AvgIpc) is 2.79. The first kappa shape index (κ1) is 24.1. The standard InChI is InChI=1S/C21H21Cl2FN2O6/c22-13-1-3-14(4-2-13)29-8-7-25-21(28)18-10-32-20(12-31-18)26-19(27)11-30-15-5-6-16(23)17(24)9-15/h1-6,9,18,20H,7-8,10-12H2,(H,25,28)(H,26,27)/t18-,20+/m0/s1. The molecular weight excluding hydrogens is 466 g/mol. The van der Waals surface area contributed by atoms with E-state index in [2.05, 4.69) is 10.6 Å². The Morgan fingerprint density at radius 3 is 2.47 bits per heavy atom. The summed E-state index contributed by atoms with van der Waals surface area (Å²) in [5, 5.41) is 5.82. The van der Waals surface area contributed by atoms with Gasteiger partial charge in [0.25, 0.3) is 11.8 Å². The maximum absolute atomic E-state index is 13.4. The van der Waals surface area contributed by atoms with E-state index >= 15 is 0 Å². The molecule has 0 saturated carbocycles. The summed E-state index contributed by atoms with van der Waals surface area (Å²) >= 11 is 11.4. The van der Waals surface area contributed by atoms with Crippen molar-refractivity contribution in [2.75, 3.05) is 33.0 Å². The van der Waals surface area contributed by atoms with Crippen molar-refractivity contribution in [1.29, 1.82) is 0 Å². The van der Waals surface area contributed by atoms with Crippen LogP contribution in [0.3, 0.4) is 0 Å². The quantitative estimate of drug-likeness (QED) is 0.529. The number of benzene rings is 2. The fourth-order valence-corrected chi connectivity index (χ4v) is 2.91. The number of carbonyl (C=O) groups is 2. The molecule has 0 radical (unpaired) electrons. The molecule has 0 aliphatic carbocycles. The number of hydrogen-bond acceptors (Lipinski definition) is 6. The second-order valence-electron chi connectivity index (χ2n) is 6.67. The van der Waals surface area contributed by atoms with Crippen molar-refractivity contribution in [2.45, 2.75) is 12.3 Å². The van der Waals surface area contributed by atoms with Gasteiger partial charge in [-0.05, 0) is 36.4 Å². The van der Waals surface area contributed by atoms with Crippen molar-refractivity contribution in [3.8, 4) is 11.5 Å². The van der Waals surface area contributed by atoms with E-state index in [0.29, 0.717) is 10.8 Å². The minimum atomic E-state index is -0.799. The molecule has 1 heterocycles. The number of carbonyl (C=O) groups excluding carboxylic acids is 2. The summed E-state index contributed by atoms with van der Waals surface area (Å²) in [5.41, 5.74) is 0. The van der Waals surface area contributed by atoms with Crippen molar-refractivity contribution in [1.82, 2.24) is 10.6 Å². The number of nitrogens with one attached hydrogen (secondary N) is 2. The summed E-state index contributed by atoms with van der Waals surface area (Å²) in [7, 11) is 0. The number of halogens is 3. The Hall–Kier alpha value is -2.59. The second-order valence-corrected chi connectivity index (χ2v) is 7.51. The second kappa shape index (κ2) is 11.9. The molecule has 0 spiro atoms. The number of amides is 2. The molecule has 1 fully saturated rings. The minimum Gasteiger partial charge on any atom is -0.492 e. The van der Waals surface area contributed by atoms with Crippen molar-refractivity contribution in [2.24, 2.45) is 0 Å². The maximum atomic E-state index is 13.4. The molecule has 0 bridgehead atoms. The van der Waals surface area contributed by atoms with Crippen molar-refractivity contribution in [3.63, 3.8) is 0 Å². The summed E-state index contributed by atoms with van der Waals surface area (Å²) in [6.45, 7) is 0.165. The van der Waals surface area contributed by atoms with E-state index in [1.54, 1.807) is 24.3 Å². The van der Waals surface area contributed by atoms with Gasteiger partial charge in [-0.2, -0.15) is 0 Å². The molecule has 2 atom stereocenters. The maximum Gasteiger partial charge on any atom is 0.259 e. The Balaban J connectivity index is 1.29. The van der Waals surface area contributed by atoms with Crippen LogP contribution in [0.1, 0.15) is 0 Å². The lowest BCUT2D eigenvalue weighted by Crippen LogP contribution is -2.52. The molecule has 0 unspecified atom stereocenters. The predicted molar refractivity (Wildman–Crippen MR) is 114 cm³/mol. The lowest BCUT2D eigenvalue weighted by Gasteiger charge is -2.29. The first-order chi connectivity index (χ1) is 15.4. The number of ether oxygens (including phenoxy) is 4. The summed E-state index contributed by atoms with van der Waals surface area (Å²) < 4.78 is 35.0. The molecule has 32 heavy (non-hydrogen) atoms. The molecule has 2 aromatic rings. The highest BCUT2D eigenvalue weighted by Gasteiger charge is 2.28. The van der Waals surface area contributed by atoms with Crippen molar-refractivity contribution >= 4 is 35.0 Å². The normalized spacial score (nSPS) is 18.0. The highest BCUT2D eigenvalue weighted by molar-refractivity contribution is 6.30. The largest absolute Gasteiger partial charge is 0.492 e. The lowest BCUT2D eigenvalue weighted by molar-refractivity contribution is -0.168. The Kier molecular flexibility index (Phi) is 8.92. The van der Waals surface area contributed by atoms with Gasteiger partial charge in [0.1, 0.15) is 23.9 Å². The molecule has 2 amide bonds. The zero-order chi connectivity index (χ0) is 22.9. The smallest absolute Gasteiger partial charge is 0.259 e. The van der Waals surface area contributed by atoms with E-state index in [4.69, 9.17) is 42.1 Å². The Morgan fingerprint density at radius 2 is 1.78 bits per heavy atom. The fraction of sp³-hybridized carbons (Fsp3) is 0.333. The third-order valence-corrected chi connectivity index (χ3v) is 4.82. The zero-order valence-corrected chi connectivity index (χ0v) is 18.3. The van der Waals surface area contributed by atoms with E-state index in [9.17, 15) is 14.0 Å². The van der Waals surface area contributed by atoms with E-state index < -0.39 is 24.1 Å². The van der Waals surface area contributed by atoms with Gasteiger partial charge in [-0.25, -0.2) is 4.39 Å². The van der Waals surface area contributed by atoms with Gasteiger partial charge in [-0.15, -0.1) is 0 Å². The average molecular weight is 487 g/mol. The van der Waals surface area contributed by atoms with E-state index in [-0.39, 0.29) is 49.7 Å². The third kappa shape index (κ3) is 7.52. The lowest BCUT2D eigenvalue weighted by atomic mass is 10.3. The monoisotopic (exact) mass is 486 g/mol. The van der Waals surface area contributed by atoms with E-state index in [0.717, 1.165) is 6.07 Å². The van der Waals surface area contributed by atoms with Crippen LogP contribution in [-0.2, 0) is 19.1 Å². The third-order valence-electron chi connectivity index (χ3n) is 4.26. The summed E-state index contributed by atoms with van der Waals surface area (Å²) in [6, 6.07) is 10.7. The Morgan fingerprint density at radius 1 is 1.03 bits per heavy atom.